The highest BCUT2D eigenvalue weighted by atomic mass is 35.5. The molecular weight excluding hydrogens is 544 g/mol. The monoisotopic (exact) mass is 578 g/mol. The number of amides is 3. The third-order valence-electron chi connectivity index (χ3n) is 7.68. The highest BCUT2D eigenvalue weighted by molar-refractivity contribution is 6.11. The average molecular weight is 579 g/mol. The van der Waals surface area contributed by atoms with Crippen LogP contribution in [0.3, 0.4) is 0 Å². The van der Waals surface area contributed by atoms with Crippen molar-refractivity contribution in [2.75, 3.05) is 57.8 Å². The van der Waals surface area contributed by atoms with Crippen molar-refractivity contribution in [3.05, 3.63) is 102 Å². The standard InChI is InChI=1S/C31H34N4O5.ClH/c1-40-28(37)23-34-29(38)31(24-11-5-2-6-12-24,25-13-7-3-8-14-25)35(30(34)39)22-27(36)21-32-17-19-33(20-18-32)26-15-9-4-10-16-26;/h2-16,27,36H,17-23H2,1H3;1H. The number of rotatable bonds is 9. The van der Waals surface area contributed by atoms with Gasteiger partial charge in [0.1, 0.15) is 6.54 Å². The van der Waals surface area contributed by atoms with Gasteiger partial charge in [-0.3, -0.25) is 24.3 Å². The normalized spacial score (nSPS) is 17.8. The molecule has 10 heteroatoms. The van der Waals surface area contributed by atoms with E-state index in [1.54, 1.807) is 24.3 Å². The minimum Gasteiger partial charge on any atom is -0.468 e. The summed E-state index contributed by atoms with van der Waals surface area (Å²) >= 11 is 0. The van der Waals surface area contributed by atoms with Gasteiger partial charge in [0, 0.05) is 38.4 Å². The second-order valence-corrected chi connectivity index (χ2v) is 10.1. The van der Waals surface area contributed by atoms with E-state index in [4.69, 9.17) is 4.74 Å². The number of nitrogens with zero attached hydrogens (tertiary/aromatic N) is 4. The van der Waals surface area contributed by atoms with E-state index in [9.17, 15) is 19.5 Å². The van der Waals surface area contributed by atoms with E-state index < -0.39 is 36.1 Å². The Kier molecular flexibility index (Phi) is 9.65. The van der Waals surface area contributed by atoms with Crippen molar-refractivity contribution in [1.82, 2.24) is 14.7 Å². The Morgan fingerprint density at radius 3 is 1.85 bits per heavy atom. The zero-order valence-corrected chi connectivity index (χ0v) is 23.8. The number of esters is 1. The largest absolute Gasteiger partial charge is 0.468 e. The minimum absolute atomic E-state index is 0. The molecule has 2 aliphatic rings. The third kappa shape index (κ3) is 5.93. The topological polar surface area (TPSA) is 93.6 Å². The van der Waals surface area contributed by atoms with Crippen LogP contribution in [0.5, 0.6) is 0 Å². The molecule has 41 heavy (non-hydrogen) atoms. The molecule has 0 aromatic heterocycles. The number of para-hydroxylation sites is 1. The SMILES string of the molecule is COC(=O)CN1C(=O)N(CC(O)CN2CCN(c3ccccc3)CC2)C(c2ccccc2)(c2ccccc2)C1=O.Cl. The van der Waals surface area contributed by atoms with Crippen LogP contribution in [0.15, 0.2) is 91.0 Å². The van der Waals surface area contributed by atoms with Crippen molar-refractivity contribution in [3.8, 4) is 0 Å². The van der Waals surface area contributed by atoms with Gasteiger partial charge in [-0.25, -0.2) is 4.79 Å². The van der Waals surface area contributed by atoms with Crippen molar-refractivity contribution in [3.63, 3.8) is 0 Å². The van der Waals surface area contributed by atoms with Crippen LogP contribution in [-0.2, 0) is 19.9 Å². The number of aliphatic hydroxyl groups excluding tert-OH is 1. The molecule has 3 aromatic carbocycles. The zero-order chi connectivity index (χ0) is 28.1. The number of imide groups is 1. The maximum Gasteiger partial charge on any atom is 0.328 e. The quantitative estimate of drug-likeness (QED) is 0.308. The Labute approximate surface area is 246 Å². The van der Waals surface area contributed by atoms with Gasteiger partial charge in [-0.15, -0.1) is 12.4 Å². The van der Waals surface area contributed by atoms with Gasteiger partial charge in [0.05, 0.1) is 19.8 Å². The number of aliphatic hydroxyl groups is 1. The van der Waals surface area contributed by atoms with Gasteiger partial charge in [0.15, 0.2) is 5.54 Å². The summed E-state index contributed by atoms with van der Waals surface area (Å²) in [5, 5.41) is 11.3. The molecule has 3 amide bonds. The molecule has 2 aliphatic heterocycles. The van der Waals surface area contributed by atoms with Crippen molar-refractivity contribution in [1.29, 1.82) is 0 Å². The Bertz CT molecular complexity index is 1280. The Hall–Kier alpha value is -3.92. The first kappa shape index (κ1) is 30.0. The number of hydrogen-bond donors (Lipinski definition) is 1. The molecule has 1 N–H and O–H groups in total. The second-order valence-electron chi connectivity index (χ2n) is 10.1. The fourth-order valence-electron chi connectivity index (χ4n) is 5.71. The summed E-state index contributed by atoms with van der Waals surface area (Å²) in [4.78, 5) is 47.1. The molecule has 1 atom stereocenters. The number of piperazine rings is 1. The van der Waals surface area contributed by atoms with E-state index in [1.165, 1.54) is 17.7 Å². The second kappa shape index (κ2) is 13.2. The molecule has 1 unspecified atom stereocenters. The number of carbonyl (C=O) groups is 3. The molecule has 9 nitrogen and oxygen atoms in total. The minimum atomic E-state index is -1.54. The van der Waals surface area contributed by atoms with E-state index in [1.807, 2.05) is 54.6 Å². The lowest BCUT2D eigenvalue weighted by atomic mass is 9.81. The molecule has 0 saturated carbocycles. The van der Waals surface area contributed by atoms with E-state index in [2.05, 4.69) is 21.9 Å². The molecular formula is C31H35ClN4O5. The van der Waals surface area contributed by atoms with E-state index in [0.717, 1.165) is 31.1 Å². The number of carbonyl (C=O) groups excluding carboxylic acids is 3. The number of halogens is 1. The van der Waals surface area contributed by atoms with Crippen molar-refractivity contribution < 1.29 is 24.2 Å². The van der Waals surface area contributed by atoms with Gasteiger partial charge in [0.2, 0.25) is 0 Å². The van der Waals surface area contributed by atoms with Crippen LogP contribution in [0.4, 0.5) is 10.5 Å². The Balaban J connectivity index is 0.00000387. The van der Waals surface area contributed by atoms with Gasteiger partial charge in [-0.1, -0.05) is 78.9 Å². The number of urea groups is 1. The van der Waals surface area contributed by atoms with Crippen LogP contribution < -0.4 is 4.90 Å². The van der Waals surface area contributed by atoms with E-state index in [-0.39, 0.29) is 19.0 Å². The lowest BCUT2D eigenvalue weighted by molar-refractivity contribution is -0.145. The van der Waals surface area contributed by atoms with Crippen molar-refractivity contribution >= 4 is 36.0 Å². The first-order valence-electron chi connectivity index (χ1n) is 13.5. The van der Waals surface area contributed by atoms with Crippen LogP contribution in [0.25, 0.3) is 0 Å². The fraction of sp³-hybridized carbons (Fsp3) is 0.323. The first-order valence-corrected chi connectivity index (χ1v) is 13.5. The molecule has 2 fully saturated rings. The molecule has 0 bridgehead atoms. The van der Waals surface area contributed by atoms with Crippen LogP contribution in [0, 0.1) is 0 Å². The highest BCUT2D eigenvalue weighted by Gasteiger charge is 2.60. The lowest BCUT2D eigenvalue weighted by Gasteiger charge is -2.39. The van der Waals surface area contributed by atoms with Gasteiger partial charge in [-0.2, -0.15) is 0 Å². The summed E-state index contributed by atoms with van der Waals surface area (Å²) in [5.74, 6) is -1.25. The zero-order valence-electron chi connectivity index (χ0n) is 23.0. The van der Waals surface area contributed by atoms with Gasteiger partial charge < -0.3 is 14.7 Å². The average Bonchev–Trinajstić information content (AvgIpc) is 3.20. The number of ether oxygens (including phenoxy) is 1. The summed E-state index contributed by atoms with van der Waals surface area (Å²) in [6.45, 7) is 2.91. The Morgan fingerprint density at radius 2 is 1.34 bits per heavy atom. The maximum atomic E-state index is 14.2. The summed E-state index contributed by atoms with van der Waals surface area (Å²) in [6, 6.07) is 27.7. The highest BCUT2D eigenvalue weighted by Crippen LogP contribution is 2.43. The number of anilines is 1. The Morgan fingerprint density at radius 1 is 0.829 bits per heavy atom. The number of hydrogen-bond acceptors (Lipinski definition) is 7. The molecule has 2 heterocycles. The molecule has 0 aliphatic carbocycles. The third-order valence-corrected chi connectivity index (χ3v) is 7.68. The predicted octanol–water partition coefficient (Wildman–Crippen LogP) is 2.97. The van der Waals surface area contributed by atoms with Gasteiger partial charge in [-0.05, 0) is 23.3 Å². The first-order chi connectivity index (χ1) is 19.4. The number of β-amino-alcohol motifs (C(OH)–C–C–N with tert-alkyl or cyclic N) is 1. The number of benzene rings is 3. The molecule has 5 rings (SSSR count). The van der Waals surface area contributed by atoms with E-state index in [0.29, 0.717) is 17.7 Å². The van der Waals surface area contributed by atoms with E-state index >= 15 is 0 Å². The summed E-state index contributed by atoms with van der Waals surface area (Å²) in [6.07, 6.45) is -0.926. The summed E-state index contributed by atoms with van der Waals surface area (Å²) in [5.41, 5.74) is 0.789. The van der Waals surface area contributed by atoms with Crippen LogP contribution in [0.2, 0.25) is 0 Å². The predicted molar refractivity (Wildman–Crippen MR) is 158 cm³/mol. The van der Waals surface area contributed by atoms with Crippen LogP contribution in [-0.4, -0.2) is 96.7 Å². The number of methoxy groups -OCH3 is 1. The molecule has 2 saturated heterocycles. The summed E-state index contributed by atoms with van der Waals surface area (Å²) < 4.78 is 4.78. The maximum absolute atomic E-state index is 14.2. The lowest BCUT2D eigenvalue weighted by Crippen LogP contribution is -2.53. The van der Waals surface area contributed by atoms with Crippen molar-refractivity contribution in [2.45, 2.75) is 11.6 Å². The molecule has 216 valence electrons. The van der Waals surface area contributed by atoms with Gasteiger partial charge in [0.25, 0.3) is 5.91 Å². The summed E-state index contributed by atoms with van der Waals surface area (Å²) in [7, 11) is 1.22. The van der Waals surface area contributed by atoms with Crippen LogP contribution in [0.1, 0.15) is 11.1 Å². The smallest absolute Gasteiger partial charge is 0.328 e. The molecule has 0 radical (unpaired) electrons. The molecule has 3 aromatic rings. The van der Waals surface area contributed by atoms with Gasteiger partial charge >= 0.3 is 12.0 Å². The van der Waals surface area contributed by atoms with Crippen LogP contribution >= 0.6 is 12.4 Å². The molecule has 0 spiro atoms. The fourth-order valence-corrected chi connectivity index (χ4v) is 5.71. The van der Waals surface area contributed by atoms with Crippen molar-refractivity contribution in [2.24, 2.45) is 0 Å².